The summed E-state index contributed by atoms with van der Waals surface area (Å²) in [6.07, 6.45) is 63.0. The first-order valence-corrected chi connectivity index (χ1v) is 37.7. The van der Waals surface area contributed by atoms with E-state index in [-0.39, 0.29) is 35.7 Å². The quantitative estimate of drug-likeness (QED) is 0.0278. The molecule has 2 fully saturated rings. The van der Waals surface area contributed by atoms with Crippen molar-refractivity contribution in [3.63, 3.8) is 0 Å². The molecule has 0 aliphatic carbocycles. The Morgan fingerprint density at radius 1 is 0.414 bits per heavy atom. The first-order chi connectivity index (χ1) is 42.4. The lowest BCUT2D eigenvalue weighted by molar-refractivity contribution is 0.0122. The zero-order chi connectivity index (χ0) is 63.4. The SMILES string of the molecule is CCCC/C=C\CCCCCCCCOCC(O)COS(=O)(=O)c1ccc(C)cc1.CCCCCCCC/C=C\CCCCCCCCO.CCCCCCCC/C=C\CCCCCCCCOCC1CO1.Cc1ccc(S(=O)(=O)OCC2CO2)cc1. The second-order valence-electron chi connectivity index (χ2n) is 23.9. The molecular weight excluding hydrogens is 1130 g/mol. The van der Waals surface area contributed by atoms with Crippen LogP contribution in [-0.4, -0.2) is 105 Å². The van der Waals surface area contributed by atoms with Crippen LogP contribution in [0.3, 0.4) is 0 Å². The zero-order valence-corrected chi connectivity index (χ0v) is 57.5. The molecule has 0 saturated carbocycles. The zero-order valence-electron chi connectivity index (χ0n) is 55.8. The topological polar surface area (TPSA) is 171 Å². The van der Waals surface area contributed by atoms with Crippen molar-refractivity contribution in [1.82, 2.24) is 0 Å². The highest BCUT2D eigenvalue weighted by molar-refractivity contribution is 7.87. The molecule has 2 aromatic rings. The highest BCUT2D eigenvalue weighted by atomic mass is 32.2. The minimum absolute atomic E-state index is 0.0507. The van der Waals surface area contributed by atoms with Gasteiger partial charge in [0.2, 0.25) is 0 Å². The minimum Gasteiger partial charge on any atom is -0.396 e. The summed E-state index contributed by atoms with van der Waals surface area (Å²) in [6.45, 7) is 14.6. The van der Waals surface area contributed by atoms with Crippen LogP contribution in [0.5, 0.6) is 0 Å². The van der Waals surface area contributed by atoms with Gasteiger partial charge in [-0.1, -0.05) is 247 Å². The highest BCUT2D eigenvalue weighted by Crippen LogP contribution is 2.19. The molecule has 2 saturated heterocycles. The second-order valence-corrected chi connectivity index (χ2v) is 27.2. The Balaban J connectivity index is 0.000000597. The van der Waals surface area contributed by atoms with E-state index in [0.29, 0.717) is 25.9 Å². The van der Waals surface area contributed by atoms with Crippen LogP contribution < -0.4 is 0 Å². The highest BCUT2D eigenvalue weighted by Gasteiger charge is 2.26. The molecule has 3 unspecified atom stereocenters. The number of hydrogen-bond acceptors (Lipinski definition) is 12. The van der Waals surface area contributed by atoms with E-state index < -0.39 is 26.3 Å². The van der Waals surface area contributed by atoms with Crippen LogP contribution in [0, 0.1) is 13.8 Å². The van der Waals surface area contributed by atoms with Crippen LogP contribution in [0.1, 0.15) is 276 Å². The average molecular weight is 1260 g/mol. The molecule has 504 valence electrons. The molecule has 4 rings (SSSR count). The summed E-state index contributed by atoms with van der Waals surface area (Å²) in [4.78, 5) is 0.280. The van der Waals surface area contributed by atoms with Gasteiger partial charge in [-0.2, -0.15) is 16.8 Å². The lowest BCUT2D eigenvalue weighted by atomic mass is 10.1. The Morgan fingerprint density at radius 2 is 0.724 bits per heavy atom. The molecule has 2 aliphatic rings. The van der Waals surface area contributed by atoms with E-state index in [9.17, 15) is 21.9 Å². The van der Waals surface area contributed by atoms with Crippen molar-refractivity contribution in [2.24, 2.45) is 0 Å². The van der Waals surface area contributed by atoms with E-state index >= 15 is 0 Å². The number of ether oxygens (including phenoxy) is 4. The third-order valence-corrected chi connectivity index (χ3v) is 17.7. The van der Waals surface area contributed by atoms with Gasteiger partial charge in [0.15, 0.2) is 0 Å². The average Bonchev–Trinajstić information content (AvgIpc) is 4.24. The molecule has 2 N–H and O–H groups in total. The van der Waals surface area contributed by atoms with E-state index in [0.717, 1.165) is 50.2 Å². The number of benzene rings is 2. The summed E-state index contributed by atoms with van der Waals surface area (Å²) in [5, 5.41) is 18.5. The van der Waals surface area contributed by atoms with Crippen molar-refractivity contribution < 1.29 is 54.4 Å². The maximum atomic E-state index is 12.1. The van der Waals surface area contributed by atoms with Crippen LogP contribution in [0.15, 0.2) is 94.8 Å². The van der Waals surface area contributed by atoms with E-state index in [2.05, 4.69) is 57.2 Å². The van der Waals surface area contributed by atoms with Gasteiger partial charge >= 0.3 is 0 Å². The number of aliphatic hydroxyl groups is 2. The molecule has 0 amide bonds. The number of hydrogen-bond donors (Lipinski definition) is 2. The standard InChI is InChI=1S/C24H40O5S.C21H40O2.C18H36O.C10H12O4S/c1-3-4-5-6-7-8-9-10-11-12-13-14-19-28-20-23(25)21-29-30(26,27)24-17-15-22(2)16-18-24;1-2-3-4-5-6-7-8-9-10-11-12-13-14-15-16-17-18-22-19-21-20-23-21;1-2-3-4-5-6-7-8-9-10-11-12-13-14-15-16-17-18-19;1-8-2-4-10(5-3-8)15(11,12)14-7-9-6-13-9/h6-7,15-18,23,25H,3-5,8-14,19-21H2,1-2H3;9-10,21H,2-8,11-20H2,1H3;9-10,19H,2-8,11-18H2,1H3;2-5,9H,6-7H2,1H3/b7-6-;2*10-9-;. The molecule has 2 heterocycles. The van der Waals surface area contributed by atoms with E-state index in [1.54, 1.807) is 36.4 Å². The Bertz CT molecular complexity index is 2100. The number of rotatable bonds is 55. The Morgan fingerprint density at radius 3 is 1.09 bits per heavy atom. The van der Waals surface area contributed by atoms with E-state index in [1.165, 1.54) is 237 Å². The molecular formula is C73H128O12S2. The van der Waals surface area contributed by atoms with Gasteiger partial charge in [0, 0.05) is 19.8 Å². The fourth-order valence-electron chi connectivity index (χ4n) is 9.23. The van der Waals surface area contributed by atoms with Crippen LogP contribution >= 0.6 is 0 Å². The first kappa shape index (κ1) is 82.3. The van der Waals surface area contributed by atoms with Gasteiger partial charge in [0.05, 0.1) is 49.4 Å². The lowest BCUT2D eigenvalue weighted by Crippen LogP contribution is -2.24. The molecule has 14 heteroatoms. The van der Waals surface area contributed by atoms with Gasteiger partial charge in [-0.25, -0.2) is 0 Å². The number of epoxide rings is 2. The number of aliphatic hydroxyl groups excluding tert-OH is 2. The Kier molecular flexibility index (Phi) is 56.3. The molecule has 0 bridgehead atoms. The Hall–Kier alpha value is -2.76. The van der Waals surface area contributed by atoms with Gasteiger partial charge in [0.1, 0.15) is 18.3 Å². The predicted molar refractivity (Wildman–Crippen MR) is 363 cm³/mol. The van der Waals surface area contributed by atoms with Crippen LogP contribution in [0.4, 0.5) is 0 Å². The predicted octanol–water partition coefficient (Wildman–Crippen LogP) is 19.1. The molecule has 2 aliphatic heterocycles. The van der Waals surface area contributed by atoms with Crippen molar-refractivity contribution in [2.45, 2.75) is 307 Å². The van der Waals surface area contributed by atoms with Crippen molar-refractivity contribution in [1.29, 1.82) is 0 Å². The molecule has 0 aromatic heterocycles. The molecule has 0 radical (unpaired) electrons. The van der Waals surface area contributed by atoms with Crippen molar-refractivity contribution in [3.05, 3.63) is 96.1 Å². The largest absolute Gasteiger partial charge is 0.396 e. The second kappa shape index (κ2) is 59.5. The number of allylic oxidation sites excluding steroid dienone is 6. The maximum absolute atomic E-state index is 12.1. The number of aryl methyl sites for hydroxylation is 2. The van der Waals surface area contributed by atoms with Gasteiger partial charge in [-0.15, -0.1) is 0 Å². The van der Waals surface area contributed by atoms with Crippen molar-refractivity contribution >= 4 is 20.2 Å². The van der Waals surface area contributed by atoms with E-state index in [4.69, 9.17) is 32.4 Å². The van der Waals surface area contributed by atoms with Crippen LogP contribution in [0.25, 0.3) is 0 Å². The summed E-state index contributed by atoms with van der Waals surface area (Å²) in [7, 11) is -7.46. The molecule has 3 atom stereocenters. The third-order valence-electron chi connectivity index (χ3n) is 15.1. The van der Waals surface area contributed by atoms with Crippen molar-refractivity contribution in [2.75, 3.05) is 59.5 Å². The smallest absolute Gasteiger partial charge is 0.297 e. The van der Waals surface area contributed by atoms with Crippen LogP contribution in [-0.2, 0) is 47.5 Å². The normalized spacial score (nSPS) is 15.1. The fourth-order valence-corrected chi connectivity index (χ4v) is 11.1. The van der Waals surface area contributed by atoms with Crippen LogP contribution in [0.2, 0.25) is 0 Å². The van der Waals surface area contributed by atoms with Gasteiger partial charge < -0.3 is 29.2 Å². The third kappa shape index (κ3) is 55.8. The lowest BCUT2D eigenvalue weighted by Gasteiger charge is -2.12. The monoisotopic (exact) mass is 1260 g/mol. The summed E-state index contributed by atoms with van der Waals surface area (Å²) in [5.41, 5.74) is 1.98. The van der Waals surface area contributed by atoms with E-state index in [1.807, 2.05) is 13.8 Å². The van der Waals surface area contributed by atoms with Crippen molar-refractivity contribution in [3.8, 4) is 0 Å². The Labute approximate surface area is 534 Å². The minimum atomic E-state index is -3.85. The van der Waals surface area contributed by atoms with Gasteiger partial charge in [-0.3, -0.25) is 8.37 Å². The summed E-state index contributed by atoms with van der Waals surface area (Å²) in [6, 6.07) is 13.0. The van der Waals surface area contributed by atoms with Gasteiger partial charge in [0.25, 0.3) is 20.2 Å². The summed E-state index contributed by atoms with van der Waals surface area (Å²) < 4.78 is 78.1. The molecule has 87 heavy (non-hydrogen) atoms. The summed E-state index contributed by atoms with van der Waals surface area (Å²) >= 11 is 0. The number of unbranched alkanes of at least 4 members (excludes halogenated alkanes) is 32. The maximum Gasteiger partial charge on any atom is 0.297 e. The molecule has 12 nitrogen and oxygen atoms in total. The fraction of sp³-hybridized carbons (Fsp3) is 0.753. The summed E-state index contributed by atoms with van der Waals surface area (Å²) in [5.74, 6) is 0. The van der Waals surface area contributed by atoms with Gasteiger partial charge in [-0.05, 0) is 128 Å². The molecule has 2 aromatic carbocycles. The first-order valence-electron chi connectivity index (χ1n) is 34.9. The molecule has 0 spiro atoms.